The summed E-state index contributed by atoms with van der Waals surface area (Å²) in [7, 11) is -3.76. The summed E-state index contributed by atoms with van der Waals surface area (Å²) >= 11 is 4.56. The first kappa shape index (κ1) is 20.6. The van der Waals surface area contributed by atoms with Gasteiger partial charge < -0.3 is 10.6 Å². The van der Waals surface area contributed by atoms with E-state index >= 15 is 0 Å². The lowest BCUT2D eigenvalue weighted by molar-refractivity contribution is -0.123. The van der Waals surface area contributed by atoms with Crippen LogP contribution in [0, 0.1) is 0 Å². The van der Waals surface area contributed by atoms with Crippen LogP contribution in [0.25, 0.3) is 0 Å². The summed E-state index contributed by atoms with van der Waals surface area (Å²) in [6.45, 7) is 3.35. The largest absolute Gasteiger partial charge is 0.348 e. The molecule has 1 heterocycles. The van der Waals surface area contributed by atoms with Crippen molar-refractivity contribution in [2.75, 3.05) is 0 Å². The minimum absolute atomic E-state index is 0.00233. The number of nitrogens with two attached hydrogens (primary N) is 1. The number of rotatable bonds is 6. The molecule has 0 fully saturated rings. The number of hydrogen-bond donors (Lipinski definition) is 3. The van der Waals surface area contributed by atoms with E-state index in [1.807, 2.05) is 0 Å². The van der Waals surface area contributed by atoms with Crippen LogP contribution in [0.1, 0.15) is 35.1 Å². The Kier molecular flexibility index (Phi) is 6.56. The molecule has 4 N–H and O–H groups in total. The van der Waals surface area contributed by atoms with Crippen LogP contribution < -0.4 is 15.8 Å². The molecule has 0 bridgehead atoms. The number of hydrogen-bond acceptors (Lipinski definition) is 5. The highest BCUT2D eigenvalue weighted by atomic mass is 79.9. The molecule has 0 saturated carbocycles. The quantitative estimate of drug-likeness (QED) is 0.612. The Labute approximate surface area is 164 Å². The second-order valence-corrected chi connectivity index (χ2v) is 9.67. The molecule has 10 heteroatoms. The smallest absolute Gasteiger partial charge is 0.262 e. The summed E-state index contributed by atoms with van der Waals surface area (Å²) in [5.74, 6) is -0.675. The molecule has 0 aliphatic heterocycles. The first-order valence-electron chi connectivity index (χ1n) is 7.57. The van der Waals surface area contributed by atoms with Crippen molar-refractivity contribution in [1.82, 2.24) is 10.6 Å². The lowest BCUT2D eigenvalue weighted by atomic mass is 10.1. The third-order valence-electron chi connectivity index (χ3n) is 3.61. The first-order chi connectivity index (χ1) is 12.1. The molecule has 2 amide bonds. The van der Waals surface area contributed by atoms with Crippen LogP contribution >= 0.6 is 27.3 Å². The van der Waals surface area contributed by atoms with Gasteiger partial charge in [0.05, 0.1) is 19.6 Å². The molecule has 0 aliphatic carbocycles. The molecule has 7 nitrogen and oxygen atoms in total. The number of thiophene rings is 1. The molecule has 2 unspecified atom stereocenters. The Morgan fingerprint density at radius 2 is 1.69 bits per heavy atom. The Balaban J connectivity index is 1.96. The van der Waals surface area contributed by atoms with Crippen LogP contribution in [0.15, 0.2) is 45.1 Å². The molecule has 0 radical (unpaired) electrons. The number of sulfonamides is 1. The van der Waals surface area contributed by atoms with E-state index in [1.165, 1.54) is 23.5 Å². The van der Waals surface area contributed by atoms with E-state index in [9.17, 15) is 18.0 Å². The second-order valence-electron chi connectivity index (χ2n) is 5.64. The number of benzene rings is 1. The van der Waals surface area contributed by atoms with Crippen LogP contribution in [-0.2, 0) is 14.8 Å². The van der Waals surface area contributed by atoms with Gasteiger partial charge in [0.1, 0.15) is 6.04 Å². The SMILES string of the molecule is CC(NC(=O)c1ccc(Br)s1)C(=O)NC(C)c1ccc(S(N)(=O)=O)cc1. The van der Waals surface area contributed by atoms with Crippen LogP contribution in [0.5, 0.6) is 0 Å². The predicted molar refractivity (Wildman–Crippen MR) is 103 cm³/mol. The van der Waals surface area contributed by atoms with E-state index in [4.69, 9.17) is 5.14 Å². The fraction of sp³-hybridized carbons (Fsp3) is 0.250. The molecular formula is C16H18BrN3O4S2. The molecule has 140 valence electrons. The van der Waals surface area contributed by atoms with Gasteiger partial charge in [0.25, 0.3) is 5.91 Å². The minimum atomic E-state index is -3.76. The highest BCUT2D eigenvalue weighted by molar-refractivity contribution is 9.11. The van der Waals surface area contributed by atoms with Gasteiger partial charge in [0.15, 0.2) is 0 Å². The van der Waals surface area contributed by atoms with Crippen molar-refractivity contribution < 1.29 is 18.0 Å². The van der Waals surface area contributed by atoms with Crippen molar-refractivity contribution in [2.45, 2.75) is 30.8 Å². The van der Waals surface area contributed by atoms with Gasteiger partial charge in [-0.1, -0.05) is 12.1 Å². The predicted octanol–water partition coefficient (Wildman–Crippen LogP) is 2.15. The average molecular weight is 460 g/mol. The van der Waals surface area contributed by atoms with E-state index < -0.39 is 16.1 Å². The molecule has 2 atom stereocenters. The molecule has 2 rings (SSSR count). The van der Waals surface area contributed by atoms with Gasteiger partial charge in [-0.2, -0.15) is 0 Å². The third-order valence-corrected chi connectivity index (χ3v) is 6.16. The normalized spacial score (nSPS) is 13.7. The lowest BCUT2D eigenvalue weighted by Crippen LogP contribution is -2.45. The van der Waals surface area contributed by atoms with Crippen molar-refractivity contribution in [2.24, 2.45) is 5.14 Å². The van der Waals surface area contributed by atoms with Crippen molar-refractivity contribution >= 4 is 49.1 Å². The number of halogens is 1. The molecule has 2 aromatic rings. The number of amides is 2. The number of carbonyl (C=O) groups is 2. The fourth-order valence-electron chi connectivity index (χ4n) is 2.14. The van der Waals surface area contributed by atoms with E-state index in [-0.39, 0.29) is 22.8 Å². The van der Waals surface area contributed by atoms with Crippen LogP contribution in [0.3, 0.4) is 0 Å². The second kappa shape index (κ2) is 8.30. The average Bonchev–Trinajstić information content (AvgIpc) is 3.00. The zero-order valence-corrected chi connectivity index (χ0v) is 17.2. The molecular weight excluding hydrogens is 442 g/mol. The van der Waals surface area contributed by atoms with Gasteiger partial charge in [-0.15, -0.1) is 11.3 Å². The third kappa shape index (κ3) is 5.37. The van der Waals surface area contributed by atoms with E-state index in [1.54, 1.807) is 38.1 Å². The maximum absolute atomic E-state index is 12.3. The van der Waals surface area contributed by atoms with Gasteiger partial charge in [0.2, 0.25) is 15.9 Å². The van der Waals surface area contributed by atoms with Gasteiger partial charge >= 0.3 is 0 Å². The van der Waals surface area contributed by atoms with Crippen LogP contribution in [0.2, 0.25) is 0 Å². The van der Waals surface area contributed by atoms with Gasteiger partial charge in [-0.3, -0.25) is 9.59 Å². The topological polar surface area (TPSA) is 118 Å². The Morgan fingerprint density at radius 3 is 2.19 bits per heavy atom. The standard InChI is InChI=1S/C16H18BrN3O4S2/c1-9(11-3-5-12(6-4-11)26(18,23)24)19-15(21)10(2)20-16(22)13-7-8-14(17)25-13/h3-10H,1-2H3,(H,19,21)(H,20,22)(H2,18,23,24). The number of nitrogens with one attached hydrogen (secondary N) is 2. The fourth-order valence-corrected chi connectivity index (χ4v) is 3.94. The number of carbonyl (C=O) groups excluding carboxylic acids is 2. The first-order valence-corrected chi connectivity index (χ1v) is 10.7. The summed E-state index contributed by atoms with van der Waals surface area (Å²) in [5.41, 5.74) is 0.714. The lowest BCUT2D eigenvalue weighted by Gasteiger charge is -2.19. The Morgan fingerprint density at radius 1 is 1.08 bits per heavy atom. The highest BCUT2D eigenvalue weighted by Gasteiger charge is 2.20. The number of primary sulfonamides is 1. The van der Waals surface area contributed by atoms with Crippen LogP contribution in [0.4, 0.5) is 0 Å². The molecule has 0 aliphatic rings. The van der Waals surface area contributed by atoms with Crippen LogP contribution in [-0.4, -0.2) is 26.3 Å². The zero-order chi connectivity index (χ0) is 19.5. The Hall–Kier alpha value is -1.75. The molecule has 0 saturated heterocycles. The molecule has 1 aromatic carbocycles. The highest BCUT2D eigenvalue weighted by Crippen LogP contribution is 2.22. The summed E-state index contributed by atoms with van der Waals surface area (Å²) in [6.07, 6.45) is 0. The van der Waals surface area contributed by atoms with Gasteiger partial charge in [-0.05, 0) is 59.6 Å². The summed E-state index contributed by atoms with van der Waals surface area (Å²) < 4.78 is 23.4. The maximum atomic E-state index is 12.3. The van der Waals surface area contributed by atoms with Crippen molar-refractivity contribution in [1.29, 1.82) is 0 Å². The van der Waals surface area contributed by atoms with E-state index in [2.05, 4.69) is 26.6 Å². The zero-order valence-electron chi connectivity index (χ0n) is 14.0. The monoisotopic (exact) mass is 459 g/mol. The summed E-state index contributed by atoms with van der Waals surface area (Å²) in [4.78, 5) is 24.9. The minimum Gasteiger partial charge on any atom is -0.348 e. The molecule has 1 aromatic heterocycles. The Bertz CT molecular complexity index is 910. The van der Waals surface area contributed by atoms with Gasteiger partial charge in [-0.25, -0.2) is 13.6 Å². The summed E-state index contributed by atoms with van der Waals surface area (Å²) in [6, 6.07) is 8.26. The van der Waals surface area contributed by atoms with Crippen molar-refractivity contribution in [3.63, 3.8) is 0 Å². The molecule has 0 spiro atoms. The van der Waals surface area contributed by atoms with E-state index in [0.717, 1.165) is 3.79 Å². The van der Waals surface area contributed by atoms with Crippen molar-refractivity contribution in [3.8, 4) is 0 Å². The van der Waals surface area contributed by atoms with E-state index in [0.29, 0.717) is 10.4 Å². The van der Waals surface area contributed by atoms with Gasteiger partial charge in [0, 0.05) is 0 Å². The summed E-state index contributed by atoms with van der Waals surface area (Å²) in [5, 5.41) is 10.5. The maximum Gasteiger partial charge on any atom is 0.262 e. The molecule has 26 heavy (non-hydrogen) atoms. The van der Waals surface area contributed by atoms with Crippen molar-refractivity contribution in [3.05, 3.63) is 50.6 Å².